The normalized spacial score (nSPS) is 14.2. The zero-order chi connectivity index (χ0) is 37.4. The summed E-state index contributed by atoms with van der Waals surface area (Å²) in [7, 11) is 5.67. The Bertz CT molecular complexity index is 1300. The Balaban J connectivity index is 0.000000998. The number of carbonyl (C=O) groups is 1. The highest BCUT2D eigenvalue weighted by atomic mass is 19.1. The van der Waals surface area contributed by atoms with Crippen molar-refractivity contribution in [2.24, 2.45) is 0 Å². The maximum atomic E-state index is 14.6. The lowest BCUT2D eigenvalue weighted by molar-refractivity contribution is -0.0980. The Morgan fingerprint density at radius 2 is 1.50 bits per heavy atom. The van der Waals surface area contributed by atoms with Crippen molar-refractivity contribution in [1.82, 2.24) is 16.0 Å². The zero-order valence-electron chi connectivity index (χ0n) is 31.5. The standard InChI is InChI=1S/C33H44FN3O2.C4H9N.2CH4O.CH2O/c1-33(2,3)26-10-8-25(9-11-26)31-20-24(7-13-32(31)38-5)6-12-29(14-15-35-4)39-30-22-27(34)21-28(23-30)37-18-16-36-17-19-37;1-2-4-5-3-1;3*1-2/h7-11,13,20-23,29,35-36H,6,12,14-19H2,1-5H3;5H,1-4H2;2*2H,1H3;1H2. The van der Waals surface area contributed by atoms with E-state index in [1.807, 2.05) is 19.9 Å². The van der Waals surface area contributed by atoms with Gasteiger partial charge in [0.2, 0.25) is 0 Å². The number of carbonyl (C=O) groups excluding carboxylic acids is 1. The van der Waals surface area contributed by atoms with Gasteiger partial charge in [0.25, 0.3) is 0 Å². The number of hydrogen-bond acceptors (Lipinski definition) is 9. The van der Waals surface area contributed by atoms with Crippen LogP contribution >= 0.6 is 0 Å². The van der Waals surface area contributed by atoms with E-state index in [1.165, 1.54) is 43.1 Å². The van der Waals surface area contributed by atoms with Crippen molar-refractivity contribution in [3.8, 4) is 22.6 Å². The number of rotatable bonds is 11. The molecule has 3 aromatic carbocycles. The van der Waals surface area contributed by atoms with Crippen LogP contribution in [0.3, 0.4) is 0 Å². The first kappa shape index (κ1) is 44.5. The zero-order valence-corrected chi connectivity index (χ0v) is 31.5. The molecular weight excluding hydrogens is 635 g/mol. The smallest absolute Gasteiger partial charge is 0.128 e. The fraction of sp³-hybridized carbons (Fsp3) is 0.525. The summed E-state index contributed by atoms with van der Waals surface area (Å²) in [6.07, 6.45) is 5.26. The molecule has 0 bridgehead atoms. The number of anilines is 1. The third-order valence-corrected chi connectivity index (χ3v) is 8.40. The molecule has 2 heterocycles. The summed E-state index contributed by atoms with van der Waals surface area (Å²) in [5, 5.41) is 23.8. The van der Waals surface area contributed by atoms with E-state index in [9.17, 15) is 4.39 Å². The van der Waals surface area contributed by atoms with Gasteiger partial charge >= 0.3 is 0 Å². The second-order valence-corrected chi connectivity index (χ2v) is 12.9. The second kappa shape index (κ2) is 25.4. The Labute approximate surface area is 300 Å². The third kappa shape index (κ3) is 15.6. The first-order valence-electron chi connectivity index (χ1n) is 17.5. The quantitative estimate of drug-likeness (QED) is 0.175. The van der Waals surface area contributed by atoms with Gasteiger partial charge in [0.05, 0.1) is 7.11 Å². The average Bonchev–Trinajstić information content (AvgIpc) is 3.76. The molecule has 50 heavy (non-hydrogen) atoms. The fourth-order valence-corrected chi connectivity index (χ4v) is 5.72. The average molecular weight is 699 g/mol. The van der Waals surface area contributed by atoms with Gasteiger partial charge in [-0.2, -0.15) is 0 Å². The van der Waals surface area contributed by atoms with Crippen molar-refractivity contribution >= 4 is 12.5 Å². The molecule has 0 saturated carbocycles. The molecule has 0 amide bonds. The van der Waals surface area contributed by atoms with Crippen LogP contribution < -0.4 is 30.3 Å². The minimum Gasteiger partial charge on any atom is -0.496 e. The van der Waals surface area contributed by atoms with Gasteiger partial charge in [-0.15, -0.1) is 0 Å². The molecule has 0 aromatic heterocycles. The van der Waals surface area contributed by atoms with Crippen molar-refractivity contribution in [1.29, 1.82) is 0 Å². The van der Waals surface area contributed by atoms with Gasteiger partial charge in [0, 0.05) is 63.8 Å². The predicted octanol–water partition coefficient (Wildman–Crippen LogP) is 5.60. The minimum absolute atomic E-state index is 0.0354. The maximum Gasteiger partial charge on any atom is 0.128 e. The molecule has 2 saturated heterocycles. The summed E-state index contributed by atoms with van der Waals surface area (Å²) >= 11 is 0. The van der Waals surface area contributed by atoms with Crippen molar-refractivity contribution in [2.45, 2.75) is 64.4 Å². The molecule has 5 N–H and O–H groups in total. The monoisotopic (exact) mass is 698 g/mol. The van der Waals surface area contributed by atoms with Crippen LogP contribution in [0.2, 0.25) is 0 Å². The minimum atomic E-state index is -0.259. The number of halogens is 1. The van der Waals surface area contributed by atoms with Gasteiger partial charge in [-0.3, -0.25) is 0 Å². The van der Waals surface area contributed by atoms with Crippen molar-refractivity contribution in [2.75, 3.05) is 79.1 Å². The van der Waals surface area contributed by atoms with Gasteiger partial charge in [0.1, 0.15) is 30.2 Å². The second-order valence-electron chi connectivity index (χ2n) is 12.9. The number of piperazine rings is 1. The molecule has 280 valence electrons. The van der Waals surface area contributed by atoms with E-state index in [0.717, 1.165) is 88.8 Å². The summed E-state index contributed by atoms with van der Waals surface area (Å²) in [5.41, 5.74) is 5.77. The number of ether oxygens (including phenoxy) is 2. The topological polar surface area (TPSA) is 115 Å². The van der Waals surface area contributed by atoms with Crippen LogP contribution in [0.1, 0.15) is 57.6 Å². The molecule has 5 rings (SSSR count). The highest BCUT2D eigenvalue weighted by Crippen LogP contribution is 2.33. The number of aliphatic hydroxyl groups is 2. The van der Waals surface area contributed by atoms with Gasteiger partial charge in [0.15, 0.2) is 0 Å². The van der Waals surface area contributed by atoms with Gasteiger partial charge in [-0.25, -0.2) is 4.39 Å². The first-order valence-corrected chi connectivity index (χ1v) is 17.5. The third-order valence-electron chi connectivity index (χ3n) is 8.40. The lowest BCUT2D eigenvalue weighted by Crippen LogP contribution is -2.43. The summed E-state index contributed by atoms with van der Waals surface area (Å²) in [6.45, 7) is 15.6. The van der Waals surface area contributed by atoms with Crippen LogP contribution in [0.15, 0.2) is 60.7 Å². The molecule has 9 nitrogen and oxygen atoms in total. The molecule has 10 heteroatoms. The molecule has 2 aliphatic heterocycles. The first-order chi connectivity index (χ1) is 24.3. The van der Waals surface area contributed by atoms with Crippen LogP contribution in [0, 0.1) is 5.82 Å². The van der Waals surface area contributed by atoms with Gasteiger partial charge in [-0.05, 0) is 99.1 Å². The highest BCUT2D eigenvalue weighted by molar-refractivity contribution is 5.71. The number of hydrogen-bond donors (Lipinski definition) is 5. The lowest BCUT2D eigenvalue weighted by atomic mass is 9.86. The molecular formula is C40H63FN4O5. The largest absolute Gasteiger partial charge is 0.496 e. The number of aryl methyl sites for hydroxylation is 1. The van der Waals surface area contributed by atoms with Gasteiger partial charge in [-0.1, -0.05) is 51.1 Å². The molecule has 1 unspecified atom stereocenters. The Morgan fingerprint density at radius 1 is 0.880 bits per heavy atom. The molecule has 2 aliphatic rings. The molecule has 3 aromatic rings. The number of methoxy groups -OCH3 is 1. The van der Waals surface area contributed by atoms with Crippen molar-refractivity contribution in [3.05, 3.63) is 77.6 Å². The maximum absolute atomic E-state index is 14.6. The van der Waals surface area contributed by atoms with Crippen LogP contribution in [0.5, 0.6) is 11.5 Å². The van der Waals surface area contributed by atoms with Crippen LogP contribution in [0.4, 0.5) is 10.1 Å². The molecule has 0 radical (unpaired) electrons. The highest BCUT2D eigenvalue weighted by Gasteiger charge is 2.17. The van der Waals surface area contributed by atoms with E-state index in [1.54, 1.807) is 13.2 Å². The number of benzene rings is 3. The van der Waals surface area contributed by atoms with Gasteiger partial charge < -0.3 is 45.3 Å². The summed E-state index contributed by atoms with van der Waals surface area (Å²) in [6, 6.07) is 20.3. The number of nitrogens with one attached hydrogen (secondary N) is 3. The molecule has 0 spiro atoms. The number of nitrogens with zero attached hydrogens (tertiary/aromatic N) is 1. The molecule has 1 atom stereocenters. The Morgan fingerprint density at radius 3 is 2.04 bits per heavy atom. The predicted molar refractivity (Wildman–Crippen MR) is 205 cm³/mol. The van der Waals surface area contributed by atoms with Crippen molar-refractivity contribution < 1.29 is 28.9 Å². The van der Waals surface area contributed by atoms with E-state index in [4.69, 9.17) is 24.5 Å². The summed E-state index contributed by atoms with van der Waals surface area (Å²) < 4.78 is 26.7. The summed E-state index contributed by atoms with van der Waals surface area (Å²) in [5.74, 6) is 1.20. The van der Waals surface area contributed by atoms with Crippen LogP contribution in [-0.2, 0) is 16.6 Å². The Hall–Kier alpha value is -3.54. The van der Waals surface area contributed by atoms with E-state index >= 15 is 0 Å². The van der Waals surface area contributed by atoms with E-state index in [2.05, 4.69) is 84.1 Å². The summed E-state index contributed by atoms with van der Waals surface area (Å²) in [4.78, 5) is 10.2. The number of aliphatic hydroxyl groups excluding tert-OH is 2. The van der Waals surface area contributed by atoms with Crippen molar-refractivity contribution in [3.63, 3.8) is 0 Å². The van der Waals surface area contributed by atoms with Crippen LogP contribution in [-0.4, -0.2) is 97.3 Å². The SMILES string of the molecule is C1CCNC1.C=O.CNCCC(CCc1ccc(OC)c(-c2ccc(C(C)(C)C)cc2)c1)Oc1cc(F)cc(N2CCNCC2)c1.CO.CO. The van der Waals surface area contributed by atoms with E-state index in [0.29, 0.717) is 5.75 Å². The fourth-order valence-electron chi connectivity index (χ4n) is 5.72. The van der Waals surface area contributed by atoms with Crippen LogP contribution in [0.25, 0.3) is 11.1 Å². The van der Waals surface area contributed by atoms with E-state index < -0.39 is 0 Å². The Kier molecular flexibility index (Phi) is 22.6. The van der Waals surface area contributed by atoms with E-state index in [-0.39, 0.29) is 17.3 Å². The molecule has 2 fully saturated rings. The lowest BCUT2D eigenvalue weighted by Gasteiger charge is -2.30. The molecule has 0 aliphatic carbocycles.